The van der Waals surface area contributed by atoms with Gasteiger partial charge in [-0.3, -0.25) is 20.2 Å². The fourth-order valence-electron chi connectivity index (χ4n) is 2.09. The van der Waals surface area contributed by atoms with E-state index >= 15 is 0 Å². The first-order valence-corrected chi connectivity index (χ1v) is 10.5. The molecule has 0 N–H and O–H groups in total. The van der Waals surface area contributed by atoms with Crippen LogP contribution in [0.2, 0.25) is 10.0 Å². The third-order valence-electron chi connectivity index (χ3n) is 3.56. The number of non-ortho nitro benzene ring substituents is 2. The van der Waals surface area contributed by atoms with E-state index in [4.69, 9.17) is 32.7 Å². The summed E-state index contributed by atoms with van der Waals surface area (Å²) >= 11 is 11.7. The minimum absolute atomic E-state index is 0.00399. The highest BCUT2D eigenvalue weighted by Crippen LogP contribution is 2.30. The Morgan fingerprint density at radius 2 is 1.17 bits per heavy atom. The maximum absolute atomic E-state index is 12.1. The van der Waals surface area contributed by atoms with Crippen molar-refractivity contribution in [3.8, 4) is 11.5 Å². The van der Waals surface area contributed by atoms with Crippen molar-refractivity contribution in [1.29, 1.82) is 0 Å². The van der Waals surface area contributed by atoms with Gasteiger partial charge in [-0.05, 0) is 12.1 Å². The summed E-state index contributed by atoms with van der Waals surface area (Å²) in [5.74, 6) is -0.790. The Morgan fingerprint density at radius 1 is 0.793 bits per heavy atom. The normalized spacial score (nSPS) is 11.1. The summed E-state index contributed by atoms with van der Waals surface area (Å²) in [7, 11) is -3.60. The van der Waals surface area contributed by atoms with Gasteiger partial charge >= 0.3 is 0 Å². The summed E-state index contributed by atoms with van der Waals surface area (Å²) in [5, 5.41) is 21.7. The van der Waals surface area contributed by atoms with Gasteiger partial charge in [0.05, 0.1) is 43.5 Å². The minimum Gasteiger partial charge on any atom is -0.491 e. The molecule has 0 amide bonds. The number of nitro groups is 2. The summed E-state index contributed by atoms with van der Waals surface area (Å²) in [5.41, 5.74) is -0.482. The summed E-state index contributed by atoms with van der Waals surface area (Å²) in [6.07, 6.45) is 0. The molecule has 0 saturated carbocycles. The standard InChI is InChI=1S/C16H14Cl2N2O8S/c17-13-3-1-11(19(21)22)9-15(13)27-5-7-29(25,26)8-6-28-16-10-12(20(23)24)2-4-14(16)18/h1-4,9-10H,5-8H2. The SMILES string of the molecule is O=[N+]([O-])c1ccc(Cl)c(OCCS(=O)(=O)CCOc2cc([N+](=O)[O-])ccc2Cl)c1. The van der Waals surface area contributed by atoms with Crippen molar-refractivity contribution in [2.24, 2.45) is 0 Å². The molecule has 0 atom stereocenters. The average molecular weight is 465 g/mol. The molecule has 13 heteroatoms. The van der Waals surface area contributed by atoms with E-state index in [9.17, 15) is 28.6 Å². The average Bonchev–Trinajstić information content (AvgIpc) is 2.64. The van der Waals surface area contributed by atoms with Gasteiger partial charge in [0, 0.05) is 12.1 Å². The van der Waals surface area contributed by atoms with Gasteiger partial charge in [0.25, 0.3) is 11.4 Å². The van der Waals surface area contributed by atoms with Crippen molar-refractivity contribution in [3.05, 3.63) is 66.7 Å². The Hall–Kier alpha value is -2.63. The van der Waals surface area contributed by atoms with Gasteiger partial charge in [0.2, 0.25) is 0 Å². The van der Waals surface area contributed by atoms with Gasteiger partial charge in [0.1, 0.15) is 24.7 Å². The number of ether oxygens (including phenoxy) is 2. The highest BCUT2D eigenvalue weighted by atomic mass is 35.5. The lowest BCUT2D eigenvalue weighted by atomic mass is 10.3. The zero-order valence-corrected chi connectivity index (χ0v) is 16.9. The van der Waals surface area contributed by atoms with E-state index in [1.165, 1.54) is 24.3 Å². The Morgan fingerprint density at radius 3 is 1.52 bits per heavy atom. The van der Waals surface area contributed by atoms with Crippen molar-refractivity contribution in [1.82, 2.24) is 0 Å². The number of rotatable bonds is 10. The predicted octanol–water partition coefficient (Wildman–Crippen LogP) is 3.68. The maximum Gasteiger partial charge on any atom is 0.273 e. The van der Waals surface area contributed by atoms with Crippen molar-refractivity contribution < 1.29 is 27.7 Å². The van der Waals surface area contributed by atoms with E-state index in [2.05, 4.69) is 0 Å². The summed E-state index contributed by atoms with van der Waals surface area (Å²) in [6.45, 7) is -0.554. The molecule has 29 heavy (non-hydrogen) atoms. The number of hydrogen-bond donors (Lipinski definition) is 0. The van der Waals surface area contributed by atoms with E-state index in [1.807, 2.05) is 0 Å². The van der Waals surface area contributed by atoms with Crippen LogP contribution in [-0.4, -0.2) is 43.0 Å². The molecule has 0 fully saturated rings. The second-order valence-electron chi connectivity index (χ2n) is 5.59. The lowest BCUT2D eigenvalue weighted by molar-refractivity contribution is -0.385. The van der Waals surface area contributed by atoms with Gasteiger partial charge in [-0.1, -0.05) is 23.2 Å². The molecule has 10 nitrogen and oxygen atoms in total. The van der Waals surface area contributed by atoms with Crippen LogP contribution in [0.15, 0.2) is 36.4 Å². The fourth-order valence-corrected chi connectivity index (χ4v) is 3.31. The first kappa shape index (κ1) is 22.7. The molecule has 2 aromatic carbocycles. The summed E-state index contributed by atoms with van der Waals surface area (Å²) in [6, 6.07) is 7.15. The quantitative estimate of drug-likeness (QED) is 0.383. The molecule has 0 bridgehead atoms. The zero-order valence-electron chi connectivity index (χ0n) is 14.6. The molecule has 2 aromatic rings. The molecule has 156 valence electrons. The van der Waals surface area contributed by atoms with Crippen LogP contribution in [0.1, 0.15) is 0 Å². The number of benzene rings is 2. The molecule has 0 heterocycles. The molecular weight excluding hydrogens is 451 g/mol. The van der Waals surface area contributed by atoms with Gasteiger partial charge < -0.3 is 9.47 Å². The molecule has 0 unspecified atom stereocenters. The van der Waals surface area contributed by atoms with Crippen LogP contribution in [0.25, 0.3) is 0 Å². The van der Waals surface area contributed by atoms with E-state index in [0.717, 1.165) is 12.1 Å². The van der Waals surface area contributed by atoms with Crippen LogP contribution < -0.4 is 9.47 Å². The van der Waals surface area contributed by atoms with Gasteiger partial charge in [-0.25, -0.2) is 8.42 Å². The van der Waals surface area contributed by atoms with Crippen LogP contribution >= 0.6 is 23.2 Å². The lowest BCUT2D eigenvalue weighted by Gasteiger charge is -2.10. The first-order valence-electron chi connectivity index (χ1n) is 7.93. The molecule has 0 aliphatic heterocycles. The third-order valence-corrected chi connectivity index (χ3v) is 5.76. The van der Waals surface area contributed by atoms with Crippen LogP contribution in [0.4, 0.5) is 11.4 Å². The molecule has 0 saturated heterocycles. The molecule has 0 spiro atoms. The number of hydrogen-bond acceptors (Lipinski definition) is 8. The van der Waals surface area contributed by atoms with Crippen molar-refractivity contribution in [2.45, 2.75) is 0 Å². The topological polar surface area (TPSA) is 139 Å². The van der Waals surface area contributed by atoms with E-state index < -0.39 is 31.2 Å². The van der Waals surface area contributed by atoms with Crippen LogP contribution in [0.3, 0.4) is 0 Å². The highest BCUT2D eigenvalue weighted by molar-refractivity contribution is 7.91. The maximum atomic E-state index is 12.1. The Kier molecular flexibility index (Phi) is 7.59. The monoisotopic (exact) mass is 464 g/mol. The molecular formula is C16H14Cl2N2O8S. The Labute approximate surface area is 175 Å². The number of sulfone groups is 1. The predicted molar refractivity (Wildman–Crippen MR) is 106 cm³/mol. The molecule has 0 radical (unpaired) electrons. The second-order valence-corrected chi connectivity index (χ2v) is 8.71. The van der Waals surface area contributed by atoms with Crippen LogP contribution in [0, 0.1) is 20.2 Å². The first-order chi connectivity index (χ1) is 13.6. The number of nitrogens with zero attached hydrogens (tertiary/aromatic N) is 2. The second kappa shape index (κ2) is 9.72. The summed E-state index contributed by atoms with van der Waals surface area (Å²) < 4.78 is 34.7. The van der Waals surface area contributed by atoms with Crippen molar-refractivity contribution >= 4 is 44.4 Å². The fraction of sp³-hybridized carbons (Fsp3) is 0.250. The smallest absolute Gasteiger partial charge is 0.273 e. The molecule has 0 aliphatic carbocycles. The third kappa shape index (κ3) is 6.73. The van der Waals surface area contributed by atoms with Crippen molar-refractivity contribution in [2.75, 3.05) is 24.7 Å². The van der Waals surface area contributed by atoms with E-state index in [1.54, 1.807) is 0 Å². The van der Waals surface area contributed by atoms with Gasteiger partial charge in [-0.2, -0.15) is 0 Å². The van der Waals surface area contributed by atoms with Gasteiger partial charge in [0.15, 0.2) is 9.84 Å². The van der Waals surface area contributed by atoms with E-state index in [0.29, 0.717) is 0 Å². The van der Waals surface area contributed by atoms with E-state index in [-0.39, 0.29) is 46.1 Å². The lowest BCUT2D eigenvalue weighted by Crippen LogP contribution is -2.21. The Bertz CT molecular complexity index is 954. The number of nitro benzene ring substituents is 2. The summed E-state index contributed by atoms with van der Waals surface area (Å²) in [4.78, 5) is 20.3. The van der Waals surface area contributed by atoms with Gasteiger partial charge in [-0.15, -0.1) is 0 Å². The van der Waals surface area contributed by atoms with Crippen molar-refractivity contribution in [3.63, 3.8) is 0 Å². The number of halogens is 2. The van der Waals surface area contributed by atoms with Crippen LogP contribution in [0.5, 0.6) is 11.5 Å². The van der Waals surface area contributed by atoms with Crippen LogP contribution in [-0.2, 0) is 9.84 Å². The molecule has 0 aliphatic rings. The Balaban J connectivity index is 1.88. The molecule has 0 aromatic heterocycles. The highest BCUT2D eigenvalue weighted by Gasteiger charge is 2.16. The molecule has 2 rings (SSSR count). The largest absolute Gasteiger partial charge is 0.491 e. The zero-order chi connectivity index (χ0) is 21.6. The minimum atomic E-state index is -3.60.